The lowest BCUT2D eigenvalue weighted by atomic mass is 10.2. The molecule has 1 heterocycles. The second-order valence-electron chi connectivity index (χ2n) is 4.18. The molecular weight excluding hydrogens is 216 g/mol. The van der Waals surface area contributed by atoms with Gasteiger partial charge in [0.15, 0.2) is 0 Å². The Kier molecular flexibility index (Phi) is 3.56. The number of nitrogens with one attached hydrogen (secondary N) is 1. The smallest absolute Gasteiger partial charge is 0.0979 e. The highest BCUT2D eigenvalue weighted by molar-refractivity contribution is 7.18. The second kappa shape index (κ2) is 4.93. The van der Waals surface area contributed by atoms with Crippen LogP contribution in [0.25, 0.3) is 10.2 Å². The van der Waals surface area contributed by atoms with Crippen molar-refractivity contribution in [1.82, 2.24) is 10.3 Å². The van der Waals surface area contributed by atoms with Gasteiger partial charge in [-0.05, 0) is 25.1 Å². The summed E-state index contributed by atoms with van der Waals surface area (Å²) in [7, 11) is 0. The number of para-hydroxylation sites is 1. The lowest BCUT2D eigenvalue weighted by Crippen LogP contribution is -2.19. The first-order valence-electron chi connectivity index (χ1n) is 5.79. The highest BCUT2D eigenvalue weighted by atomic mass is 32.1. The predicted molar refractivity (Wildman–Crippen MR) is 71.3 cm³/mol. The van der Waals surface area contributed by atoms with Crippen LogP contribution in [0.4, 0.5) is 0 Å². The van der Waals surface area contributed by atoms with Crippen LogP contribution in [0, 0.1) is 6.92 Å². The van der Waals surface area contributed by atoms with Crippen LogP contribution in [0.1, 0.15) is 30.3 Å². The van der Waals surface area contributed by atoms with Crippen molar-refractivity contribution in [2.45, 2.75) is 26.7 Å². The maximum Gasteiger partial charge on any atom is 0.0979 e. The second-order valence-corrected chi connectivity index (χ2v) is 5.24. The summed E-state index contributed by atoms with van der Waals surface area (Å²) in [6.07, 6.45) is 0. The summed E-state index contributed by atoms with van der Waals surface area (Å²) in [5.41, 5.74) is 2.45. The molecule has 16 heavy (non-hydrogen) atoms. The molecule has 1 aromatic carbocycles. The van der Waals surface area contributed by atoms with Gasteiger partial charge in [-0.15, -0.1) is 11.3 Å². The summed E-state index contributed by atoms with van der Waals surface area (Å²) in [6.45, 7) is 8.52. The van der Waals surface area contributed by atoms with E-state index in [2.05, 4.69) is 44.3 Å². The minimum atomic E-state index is 0.497. The molecule has 0 spiro atoms. The van der Waals surface area contributed by atoms with Crippen molar-refractivity contribution in [3.63, 3.8) is 0 Å². The van der Waals surface area contributed by atoms with E-state index in [0.29, 0.717) is 5.92 Å². The summed E-state index contributed by atoms with van der Waals surface area (Å²) in [6, 6.07) is 6.39. The molecule has 0 aliphatic heterocycles. The lowest BCUT2D eigenvalue weighted by Gasteiger charge is -2.07. The first-order valence-corrected chi connectivity index (χ1v) is 6.60. The summed E-state index contributed by atoms with van der Waals surface area (Å²) >= 11 is 1.82. The topological polar surface area (TPSA) is 24.9 Å². The highest BCUT2D eigenvalue weighted by Crippen LogP contribution is 2.28. The van der Waals surface area contributed by atoms with Crippen LogP contribution in [0.2, 0.25) is 0 Å². The van der Waals surface area contributed by atoms with Crippen LogP contribution >= 0.6 is 11.3 Å². The van der Waals surface area contributed by atoms with E-state index in [4.69, 9.17) is 4.98 Å². The van der Waals surface area contributed by atoms with E-state index in [1.165, 1.54) is 20.8 Å². The summed E-state index contributed by atoms with van der Waals surface area (Å²) in [5.74, 6) is 0.497. The van der Waals surface area contributed by atoms with Crippen molar-refractivity contribution in [2.75, 3.05) is 13.1 Å². The summed E-state index contributed by atoms with van der Waals surface area (Å²) in [4.78, 5) is 4.74. The summed E-state index contributed by atoms with van der Waals surface area (Å²) in [5, 5.41) is 4.61. The summed E-state index contributed by atoms with van der Waals surface area (Å²) < 4.78 is 1.30. The monoisotopic (exact) mass is 234 g/mol. The minimum absolute atomic E-state index is 0.497. The maximum absolute atomic E-state index is 4.74. The van der Waals surface area contributed by atoms with Crippen molar-refractivity contribution >= 4 is 21.6 Å². The van der Waals surface area contributed by atoms with Crippen LogP contribution in [-0.2, 0) is 0 Å². The first kappa shape index (κ1) is 11.6. The molecule has 86 valence electrons. The van der Waals surface area contributed by atoms with Gasteiger partial charge < -0.3 is 5.32 Å². The van der Waals surface area contributed by atoms with E-state index in [1.54, 1.807) is 0 Å². The van der Waals surface area contributed by atoms with Gasteiger partial charge in [0.1, 0.15) is 0 Å². The van der Waals surface area contributed by atoms with Gasteiger partial charge in [-0.25, -0.2) is 4.98 Å². The fraction of sp³-hybridized carbons (Fsp3) is 0.462. The van der Waals surface area contributed by atoms with Crippen LogP contribution < -0.4 is 5.32 Å². The van der Waals surface area contributed by atoms with Crippen molar-refractivity contribution in [3.05, 3.63) is 28.8 Å². The molecule has 0 aliphatic carbocycles. The van der Waals surface area contributed by atoms with Gasteiger partial charge in [-0.2, -0.15) is 0 Å². The standard InChI is InChI=1S/C13H18N2S/c1-4-14-8-10(3)13-15-12-9(2)6-5-7-11(12)16-13/h5-7,10,14H,4,8H2,1-3H3. The number of nitrogens with zero attached hydrogens (tertiary/aromatic N) is 1. The number of fused-ring (bicyclic) bond motifs is 1. The van der Waals surface area contributed by atoms with E-state index >= 15 is 0 Å². The molecule has 0 aliphatic rings. The van der Waals surface area contributed by atoms with E-state index < -0.39 is 0 Å². The zero-order valence-electron chi connectivity index (χ0n) is 10.1. The SMILES string of the molecule is CCNCC(C)c1nc2c(C)cccc2s1. The minimum Gasteiger partial charge on any atom is -0.316 e. The van der Waals surface area contributed by atoms with E-state index in [-0.39, 0.29) is 0 Å². The molecule has 0 amide bonds. The Morgan fingerprint density at radius 3 is 2.94 bits per heavy atom. The fourth-order valence-corrected chi connectivity index (χ4v) is 2.86. The Morgan fingerprint density at radius 2 is 2.25 bits per heavy atom. The molecule has 2 aromatic rings. The van der Waals surface area contributed by atoms with Gasteiger partial charge in [0.2, 0.25) is 0 Å². The number of hydrogen-bond donors (Lipinski definition) is 1. The molecule has 0 saturated heterocycles. The third kappa shape index (κ3) is 2.25. The zero-order valence-corrected chi connectivity index (χ0v) is 10.9. The number of likely N-dealkylation sites (N-methyl/N-ethyl adjacent to an activating group) is 1. The Morgan fingerprint density at radius 1 is 1.44 bits per heavy atom. The molecule has 0 bridgehead atoms. The number of hydrogen-bond acceptors (Lipinski definition) is 3. The lowest BCUT2D eigenvalue weighted by molar-refractivity contribution is 0.633. The molecule has 1 aromatic heterocycles. The normalized spacial score (nSPS) is 13.2. The molecule has 1 unspecified atom stereocenters. The first-order chi connectivity index (χ1) is 7.72. The molecule has 0 saturated carbocycles. The van der Waals surface area contributed by atoms with Crippen LogP contribution in [0.5, 0.6) is 0 Å². The number of thiazole rings is 1. The zero-order chi connectivity index (χ0) is 11.5. The highest BCUT2D eigenvalue weighted by Gasteiger charge is 2.11. The maximum atomic E-state index is 4.74. The van der Waals surface area contributed by atoms with E-state index in [1.807, 2.05) is 11.3 Å². The average Bonchev–Trinajstić information content (AvgIpc) is 2.71. The average molecular weight is 234 g/mol. The van der Waals surface area contributed by atoms with Gasteiger partial charge in [0.25, 0.3) is 0 Å². The van der Waals surface area contributed by atoms with Gasteiger partial charge in [-0.3, -0.25) is 0 Å². The van der Waals surface area contributed by atoms with Crippen LogP contribution in [-0.4, -0.2) is 18.1 Å². The Hall–Kier alpha value is -0.930. The number of aryl methyl sites for hydroxylation is 1. The Labute approximate surface area is 101 Å². The number of rotatable bonds is 4. The quantitative estimate of drug-likeness (QED) is 0.878. The van der Waals surface area contributed by atoms with Gasteiger partial charge in [0.05, 0.1) is 15.2 Å². The molecule has 1 atom stereocenters. The van der Waals surface area contributed by atoms with Gasteiger partial charge in [0, 0.05) is 12.5 Å². The number of benzene rings is 1. The van der Waals surface area contributed by atoms with E-state index in [0.717, 1.165) is 13.1 Å². The fourth-order valence-electron chi connectivity index (χ4n) is 1.76. The molecule has 3 heteroatoms. The Bertz CT molecular complexity index is 476. The van der Waals surface area contributed by atoms with Crippen LogP contribution in [0.3, 0.4) is 0 Å². The molecular formula is C13H18N2S. The van der Waals surface area contributed by atoms with Crippen molar-refractivity contribution in [3.8, 4) is 0 Å². The van der Waals surface area contributed by atoms with Gasteiger partial charge in [-0.1, -0.05) is 26.0 Å². The predicted octanol–water partition coefficient (Wildman–Crippen LogP) is 3.32. The van der Waals surface area contributed by atoms with Gasteiger partial charge >= 0.3 is 0 Å². The molecule has 2 nitrogen and oxygen atoms in total. The largest absolute Gasteiger partial charge is 0.316 e. The third-order valence-corrected chi connectivity index (χ3v) is 4.01. The number of aromatic nitrogens is 1. The van der Waals surface area contributed by atoms with Crippen molar-refractivity contribution in [1.29, 1.82) is 0 Å². The molecule has 2 rings (SSSR count). The third-order valence-electron chi connectivity index (χ3n) is 2.76. The Balaban J connectivity index is 2.29. The van der Waals surface area contributed by atoms with Crippen molar-refractivity contribution < 1.29 is 0 Å². The molecule has 1 N–H and O–H groups in total. The van der Waals surface area contributed by atoms with E-state index in [9.17, 15) is 0 Å². The molecule has 0 radical (unpaired) electrons. The van der Waals surface area contributed by atoms with Crippen LogP contribution in [0.15, 0.2) is 18.2 Å². The molecule has 0 fully saturated rings. The van der Waals surface area contributed by atoms with Crippen molar-refractivity contribution in [2.24, 2.45) is 0 Å².